The predicted octanol–water partition coefficient (Wildman–Crippen LogP) is 7.74. The number of hydrogen-bond donors (Lipinski definition) is 0. The Bertz CT molecular complexity index is 1600. The zero-order valence-electron chi connectivity index (χ0n) is 28.7. The first-order valence-electron chi connectivity index (χ1n) is 16.8. The van der Waals surface area contributed by atoms with Crippen LogP contribution in [0.2, 0.25) is 5.02 Å². The third-order valence-corrected chi connectivity index (χ3v) is 9.78. The second-order valence-electron chi connectivity index (χ2n) is 12.6. The van der Waals surface area contributed by atoms with E-state index in [1.807, 2.05) is 86.3 Å². The van der Waals surface area contributed by atoms with Crippen molar-refractivity contribution in [2.45, 2.75) is 84.6 Å². The van der Waals surface area contributed by atoms with Crippen molar-refractivity contribution in [3.05, 3.63) is 87.9 Å². The molecule has 1 saturated heterocycles. The predicted molar refractivity (Wildman–Crippen MR) is 187 cm³/mol. The highest BCUT2D eigenvalue weighted by Crippen LogP contribution is 2.44. The average Bonchev–Trinajstić information content (AvgIpc) is 3.08. The van der Waals surface area contributed by atoms with Gasteiger partial charge in [0.1, 0.15) is 6.10 Å². The number of halogens is 1. The van der Waals surface area contributed by atoms with Crippen LogP contribution in [0, 0.1) is 0 Å². The Kier molecular flexibility index (Phi) is 11.2. The molecule has 3 atom stereocenters. The largest absolute Gasteiger partial charge is 0.493 e. The Hall–Kier alpha value is -4.24. The van der Waals surface area contributed by atoms with Crippen LogP contribution in [-0.2, 0) is 20.7 Å². The molecule has 3 amide bonds. The van der Waals surface area contributed by atoms with Gasteiger partial charge in [0.15, 0.2) is 11.5 Å². The average molecular weight is 676 g/mol. The minimum Gasteiger partial charge on any atom is -0.493 e. The number of benzene rings is 3. The van der Waals surface area contributed by atoms with E-state index in [1.165, 1.54) is 0 Å². The Morgan fingerprint density at radius 3 is 2.23 bits per heavy atom. The molecule has 0 saturated carbocycles. The Morgan fingerprint density at radius 1 is 0.979 bits per heavy atom. The lowest BCUT2D eigenvalue weighted by atomic mass is 9.86. The molecule has 2 aliphatic heterocycles. The minimum absolute atomic E-state index is 0.0125. The molecule has 0 N–H and O–H groups in total. The highest BCUT2D eigenvalue weighted by atomic mass is 35.5. The van der Waals surface area contributed by atoms with E-state index in [1.54, 1.807) is 23.8 Å². The van der Waals surface area contributed by atoms with Gasteiger partial charge in [0.25, 0.3) is 0 Å². The molecule has 0 radical (unpaired) electrons. The molecule has 2 heterocycles. The van der Waals surface area contributed by atoms with Crippen LogP contribution in [0.3, 0.4) is 0 Å². The molecule has 2 unspecified atom stereocenters. The molecule has 2 aliphatic rings. The minimum atomic E-state index is -0.427. The number of fused-ring (bicyclic) bond motifs is 1. The monoisotopic (exact) mass is 675 g/mol. The van der Waals surface area contributed by atoms with Crippen molar-refractivity contribution in [2.24, 2.45) is 0 Å². The van der Waals surface area contributed by atoms with E-state index in [2.05, 4.69) is 6.92 Å². The molecule has 10 heteroatoms. The molecule has 3 aromatic rings. The van der Waals surface area contributed by atoms with Crippen molar-refractivity contribution in [1.29, 1.82) is 0 Å². The van der Waals surface area contributed by atoms with Gasteiger partial charge in [0, 0.05) is 50.1 Å². The first kappa shape index (κ1) is 35.1. The summed E-state index contributed by atoms with van der Waals surface area (Å²) in [6, 6.07) is 18.6. The summed E-state index contributed by atoms with van der Waals surface area (Å²) in [6.07, 6.45) is 1.71. The maximum atomic E-state index is 14.0. The number of carbonyl (C=O) groups excluding carboxylic acids is 3. The number of likely N-dealkylation sites (tertiary alicyclic amines) is 1. The van der Waals surface area contributed by atoms with Gasteiger partial charge in [-0.3, -0.25) is 9.59 Å². The second-order valence-corrected chi connectivity index (χ2v) is 13.0. The summed E-state index contributed by atoms with van der Waals surface area (Å²) >= 11 is 6.28. The summed E-state index contributed by atoms with van der Waals surface area (Å²) < 4.78 is 17.8. The van der Waals surface area contributed by atoms with E-state index >= 15 is 0 Å². The van der Waals surface area contributed by atoms with E-state index in [0.717, 1.165) is 34.4 Å². The first-order chi connectivity index (χ1) is 23.0. The lowest BCUT2D eigenvalue weighted by Crippen LogP contribution is -2.42. The third kappa shape index (κ3) is 7.57. The highest BCUT2D eigenvalue weighted by molar-refractivity contribution is 6.30. The number of nitrogens with zero attached hydrogens (tertiary/aromatic N) is 3. The van der Waals surface area contributed by atoms with Gasteiger partial charge < -0.3 is 28.9 Å². The zero-order chi connectivity index (χ0) is 34.5. The molecule has 9 nitrogen and oxygen atoms in total. The van der Waals surface area contributed by atoms with Crippen LogP contribution in [-0.4, -0.2) is 66.7 Å². The fourth-order valence-electron chi connectivity index (χ4n) is 6.53. The third-order valence-electron chi connectivity index (χ3n) is 9.53. The van der Waals surface area contributed by atoms with Gasteiger partial charge in [-0.2, -0.15) is 0 Å². The molecule has 48 heavy (non-hydrogen) atoms. The molecule has 256 valence electrons. The van der Waals surface area contributed by atoms with Crippen LogP contribution in [0.5, 0.6) is 11.5 Å². The van der Waals surface area contributed by atoms with Gasteiger partial charge >= 0.3 is 6.09 Å². The second kappa shape index (κ2) is 15.3. The fourth-order valence-corrected chi connectivity index (χ4v) is 6.65. The molecule has 1 fully saturated rings. The zero-order valence-corrected chi connectivity index (χ0v) is 29.5. The molecule has 0 bridgehead atoms. The van der Waals surface area contributed by atoms with E-state index in [-0.39, 0.29) is 42.6 Å². The van der Waals surface area contributed by atoms with E-state index < -0.39 is 6.04 Å². The van der Waals surface area contributed by atoms with Crippen LogP contribution < -0.4 is 14.4 Å². The van der Waals surface area contributed by atoms with Crippen molar-refractivity contribution in [2.75, 3.05) is 31.6 Å². The normalized spacial score (nSPS) is 17.7. The molecular formula is C38H46ClN3O6. The molecule has 5 rings (SSSR count). The number of piperidine rings is 1. The number of ether oxygens (including phenoxy) is 3. The first-order valence-corrected chi connectivity index (χ1v) is 17.2. The summed E-state index contributed by atoms with van der Waals surface area (Å²) in [5.74, 6) is 1.24. The number of methoxy groups -OCH3 is 1. The lowest BCUT2D eigenvalue weighted by Gasteiger charge is -2.38. The summed E-state index contributed by atoms with van der Waals surface area (Å²) in [5, 5.41) is 0.613. The highest BCUT2D eigenvalue weighted by Gasteiger charge is 2.36. The van der Waals surface area contributed by atoms with Crippen LogP contribution in [0.15, 0.2) is 60.7 Å². The Balaban J connectivity index is 1.42. The summed E-state index contributed by atoms with van der Waals surface area (Å²) in [7, 11) is 1.61. The van der Waals surface area contributed by atoms with Crippen LogP contribution in [0.1, 0.15) is 88.2 Å². The van der Waals surface area contributed by atoms with Crippen molar-refractivity contribution >= 4 is 35.2 Å². The maximum Gasteiger partial charge on any atom is 0.410 e. The Labute approximate surface area is 288 Å². The van der Waals surface area contributed by atoms with E-state index in [0.29, 0.717) is 49.0 Å². The van der Waals surface area contributed by atoms with E-state index in [9.17, 15) is 14.4 Å². The van der Waals surface area contributed by atoms with E-state index in [4.69, 9.17) is 25.8 Å². The topological polar surface area (TPSA) is 88.6 Å². The Morgan fingerprint density at radius 2 is 1.65 bits per heavy atom. The number of hydrogen-bond acceptors (Lipinski definition) is 6. The number of rotatable bonds is 10. The molecule has 0 spiro atoms. The number of carbonyl (C=O) groups is 3. The quantitative estimate of drug-likeness (QED) is 0.219. The van der Waals surface area contributed by atoms with Crippen LogP contribution in [0.4, 0.5) is 10.5 Å². The standard InChI is InChI=1S/C38H46ClN3O6/c1-7-24(3)47-35-23-33-29(21-34(35)46-6)22-36(44)42(37(33)28-9-13-30(39)14-10-28)31-15-11-27(12-16-31)25(4)41(8-2)38(45)48-32-17-19-40(20-18-32)26(5)43/h9-16,21,23-25,32,37H,7-8,17-20,22H2,1-6H3/t24-,25?,37?/m1/s1. The summed E-state index contributed by atoms with van der Waals surface area (Å²) in [4.78, 5) is 44.2. The van der Waals surface area contributed by atoms with Crippen LogP contribution >= 0.6 is 11.6 Å². The van der Waals surface area contributed by atoms with Crippen molar-refractivity contribution in [1.82, 2.24) is 9.80 Å². The van der Waals surface area contributed by atoms with Crippen molar-refractivity contribution in [3.8, 4) is 11.5 Å². The maximum absolute atomic E-state index is 14.0. The van der Waals surface area contributed by atoms with Gasteiger partial charge in [0.2, 0.25) is 11.8 Å². The number of amides is 3. The molecule has 0 aromatic heterocycles. The van der Waals surface area contributed by atoms with Gasteiger partial charge in [-0.25, -0.2) is 4.79 Å². The number of anilines is 1. The smallest absolute Gasteiger partial charge is 0.410 e. The van der Waals surface area contributed by atoms with Crippen LogP contribution in [0.25, 0.3) is 0 Å². The summed E-state index contributed by atoms with van der Waals surface area (Å²) in [5.41, 5.74) is 4.43. The van der Waals surface area contributed by atoms with Gasteiger partial charge in [0.05, 0.1) is 31.7 Å². The van der Waals surface area contributed by atoms with Crippen molar-refractivity contribution < 1.29 is 28.6 Å². The van der Waals surface area contributed by atoms with Gasteiger partial charge in [-0.1, -0.05) is 42.8 Å². The fraction of sp³-hybridized carbons (Fsp3) is 0.447. The van der Waals surface area contributed by atoms with Gasteiger partial charge in [-0.15, -0.1) is 0 Å². The lowest BCUT2D eigenvalue weighted by molar-refractivity contribution is -0.130. The summed E-state index contributed by atoms with van der Waals surface area (Å²) in [6.45, 7) is 11.2. The molecule has 0 aliphatic carbocycles. The molecular weight excluding hydrogens is 630 g/mol. The van der Waals surface area contributed by atoms with Crippen molar-refractivity contribution in [3.63, 3.8) is 0 Å². The SMILES string of the molecule is CC[C@@H](C)Oc1cc2c(cc1OC)CC(=O)N(c1ccc(C(C)N(CC)C(=O)OC3CCN(C(C)=O)CC3)cc1)C2c1ccc(Cl)cc1. The van der Waals surface area contributed by atoms with Gasteiger partial charge in [-0.05, 0) is 85.8 Å². The molecule has 3 aromatic carbocycles.